The number of carbonyl (C=O) groups is 1. The standard InChI is InChI=1S/C20H21N3O3S/c24-20(22-11-10-14-6-7-15(13-22)21-14)18-12-16(23(25)26)8-9-19(18)27-17-4-2-1-3-5-17/h1-5,8-9,12,14-15,21H,6-7,10-11,13H2. The summed E-state index contributed by atoms with van der Waals surface area (Å²) in [4.78, 5) is 27.7. The van der Waals surface area contributed by atoms with Crippen molar-refractivity contribution in [2.45, 2.75) is 41.1 Å². The van der Waals surface area contributed by atoms with E-state index in [1.807, 2.05) is 35.2 Å². The molecule has 140 valence electrons. The Morgan fingerprint density at radius 2 is 1.89 bits per heavy atom. The molecule has 7 heteroatoms. The third-order valence-electron chi connectivity index (χ3n) is 5.19. The molecule has 1 amide bonds. The summed E-state index contributed by atoms with van der Waals surface area (Å²) in [5.41, 5.74) is 0.362. The van der Waals surface area contributed by atoms with Crippen LogP contribution in [0.25, 0.3) is 0 Å². The first-order chi connectivity index (χ1) is 13.1. The van der Waals surface area contributed by atoms with Crippen LogP contribution in [0.4, 0.5) is 5.69 Å². The van der Waals surface area contributed by atoms with Crippen LogP contribution in [0, 0.1) is 10.1 Å². The second kappa shape index (κ2) is 7.70. The van der Waals surface area contributed by atoms with Gasteiger partial charge in [-0.2, -0.15) is 0 Å². The van der Waals surface area contributed by atoms with Crippen molar-refractivity contribution in [1.82, 2.24) is 10.2 Å². The molecule has 2 aromatic carbocycles. The van der Waals surface area contributed by atoms with Gasteiger partial charge in [-0.25, -0.2) is 0 Å². The molecule has 2 aliphatic rings. The topological polar surface area (TPSA) is 75.5 Å². The van der Waals surface area contributed by atoms with Crippen LogP contribution in [-0.4, -0.2) is 40.9 Å². The number of fused-ring (bicyclic) bond motifs is 2. The number of nitro benzene ring substituents is 1. The van der Waals surface area contributed by atoms with Crippen LogP contribution >= 0.6 is 11.8 Å². The number of nitro groups is 1. The number of hydrogen-bond acceptors (Lipinski definition) is 5. The van der Waals surface area contributed by atoms with Crippen LogP contribution in [0.2, 0.25) is 0 Å². The highest BCUT2D eigenvalue weighted by Crippen LogP contribution is 2.34. The van der Waals surface area contributed by atoms with Crippen molar-refractivity contribution in [3.8, 4) is 0 Å². The van der Waals surface area contributed by atoms with Gasteiger partial charge >= 0.3 is 0 Å². The highest BCUT2D eigenvalue weighted by Gasteiger charge is 2.32. The largest absolute Gasteiger partial charge is 0.337 e. The van der Waals surface area contributed by atoms with Crippen LogP contribution in [-0.2, 0) is 0 Å². The third kappa shape index (κ3) is 3.99. The Labute approximate surface area is 162 Å². The molecule has 2 fully saturated rings. The maximum absolute atomic E-state index is 13.3. The molecule has 2 unspecified atom stereocenters. The third-order valence-corrected chi connectivity index (χ3v) is 6.27. The Kier molecular flexibility index (Phi) is 5.13. The molecule has 2 saturated heterocycles. The summed E-state index contributed by atoms with van der Waals surface area (Å²) in [7, 11) is 0. The maximum Gasteiger partial charge on any atom is 0.270 e. The summed E-state index contributed by atoms with van der Waals surface area (Å²) in [6.07, 6.45) is 3.17. The van der Waals surface area contributed by atoms with E-state index < -0.39 is 4.92 Å². The van der Waals surface area contributed by atoms with Gasteiger partial charge in [0.15, 0.2) is 0 Å². The molecule has 2 heterocycles. The van der Waals surface area contributed by atoms with Crippen molar-refractivity contribution < 1.29 is 9.72 Å². The van der Waals surface area contributed by atoms with E-state index in [9.17, 15) is 14.9 Å². The molecule has 2 bridgehead atoms. The quantitative estimate of drug-likeness (QED) is 0.643. The molecule has 6 nitrogen and oxygen atoms in total. The van der Waals surface area contributed by atoms with E-state index in [2.05, 4.69) is 5.32 Å². The molecule has 2 aromatic rings. The number of hydrogen-bond donors (Lipinski definition) is 1. The first-order valence-corrected chi connectivity index (χ1v) is 9.98. The van der Waals surface area contributed by atoms with Gasteiger partial charge in [0.25, 0.3) is 11.6 Å². The first-order valence-electron chi connectivity index (χ1n) is 9.17. The Bertz CT molecular complexity index is 859. The number of likely N-dealkylation sites (tertiary alicyclic amines) is 1. The molecule has 0 aliphatic carbocycles. The van der Waals surface area contributed by atoms with Gasteiger partial charge in [-0.15, -0.1) is 0 Å². The number of amides is 1. The fraction of sp³-hybridized carbons (Fsp3) is 0.350. The number of nitrogens with one attached hydrogen (secondary N) is 1. The average molecular weight is 383 g/mol. The van der Waals surface area contributed by atoms with E-state index in [0.717, 1.165) is 22.6 Å². The van der Waals surface area contributed by atoms with Gasteiger partial charge in [-0.3, -0.25) is 14.9 Å². The fourth-order valence-corrected chi connectivity index (χ4v) is 4.74. The summed E-state index contributed by atoms with van der Waals surface area (Å²) in [6, 6.07) is 15.1. The van der Waals surface area contributed by atoms with Gasteiger partial charge in [0.2, 0.25) is 0 Å². The first kappa shape index (κ1) is 18.0. The Morgan fingerprint density at radius 1 is 1.11 bits per heavy atom. The summed E-state index contributed by atoms with van der Waals surface area (Å²) in [6.45, 7) is 1.35. The lowest BCUT2D eigenvalue weighted by Gasteiger charge is -2.25. The van der Waals surface area contributed by atoms with Gasteiger partial charge < -0.3 is 10.2 Å². The van der Waals surface area contributed by atoms with Crippen molar-refractivity contribution >= 4 is 23.4 Å². The summed E-state index contributed by atoms with van der Waals surface area (Å²) in [5.74, 6) is -0.119. The average Bonchev–Trinajstić information content (AvgIpc) is 3.01. The Balaban J connectivity index is 1.65. The number of nitrogens with zero attached hydrogens (tertiary/aromatic N) is 2. The van der Waals surface area contributed by atoms with Crippen molar-refractivity contribution in [3.63, 3.8) is 0 Å². The predicted molar refractivity (Wildman–Crippen MR) is 104 cm³/mol. The molecule has 1 N–H and O–H groups in total. The molecule has 2 atom stereocenters. The van der Waals surface area contributed by atoms with Gasteiger partial charge in [0.05, 0.1) is 10.5 Å². The van der Waals surface area contributed by atoms with Crippen molar-refractivity contribution in [2.75, 3.05) is 13.1 Å². The highest BCUT2D eigenvalue weighted by atomic mass is 32.2. The van der Waals surface area contributed by atoms with Crippen LogP contribution in [0.3, 0.4) is 0 Å². The summed E-state index contributed by atoms with van der Waals surface area (Å²) < 4.78 is 0. The normalized spacial score (nSPS) is 21.7. The van der Waals surface area contributed by atoms with Gasteiger partial charge in [0.1, 0.15) is 0 Å². The van der Waals surface area contributed by atoms with Crippen LogP contribution < -0.4 is 5.32 Å². The minimum absolute atomic E-state index is 0.0507. The zero-order chi connectivity index (χ0) is 18.8. The molecule has 0 aromatic heterocycles. The predicted octanol–water partition coefficient (Wildman–Crippen LogP) is 3.71. The van der Waals surface area contributed by atoms with E-state index >= 15 is 0 Å². The Hall–Kier alpha value is -2.38. The molecule has 0 radical (unpaired) electrons. The Morgan fingerprint density at radius 3 is 2.67 bits per heavy atom. The summed E-state index contributed by atoms with van der Waals surface area (Å²) in [5, 5.41) is 14.8. The molecular weight excluding hydrogens is 362 g/mol. The molecule has 4 rings (SSSR count). The van der Waals surface area contributed by atoms with Gasteiger partial charge in [0, 0.05) is 47.1 Å². The summed E-state index contributed by atoms with van der Waals surface area (Å²) >= 11 is 1.46. The molecule has 27 heavy (non-hydrogen) atoms. The van der Waals surface area contributed by atoms with E-state index in [1.165, 1.54) is 30.3 Å². The van der Waals surface area contributed by atoms with Crippen LogP contribution in [0.5, 0.6) is 0 Å². The fourth-order valence-electron chi connectivity index (χ4n) is 3.80. The second-order valence-electron chi connectivity index (χ2n) is 7.03. The second-order valence-corrected chi connectivity index (χ2v) is 8.15. The van der Waals surface area contributed by atoms with E-state index in [1.54, 1.807) is 6.07 Å². The lowest BCUT2D eigenvalue weighted by molar-refractivity contribution is -0.384. The van der Waals surface area contributed by atoms with Gasteiger partial charge in [-0.05, 0) is 37.5 Å². The minimum atomic E-state index is -0.445. The van der Waals surface area contributed by atoms with E-state index in [4.69, 9.17) is 0 Å². The zero-order valence-corrected chi connectivity index (χ0v) is 15.7. The SMILES string of the molecule is O=C(c1cc([N+](=O)[O-])ccc1Sc1ccccc1)N1CCC2CCC(C1)N2. The van der Waals surface area contributed by atoms with Gasteiger partial charge in [-0.1, -0.05) is 30.0 Å². The van der Waals surface area contributed by atoms with Crippen molar-refractivity contribution in [1.29, 1.82) is 0 Å². The number of benzene rings is 2. The molecule has 0 saturated carbocycles. The zero-order valence-electron chi connectivity index (χ0n) is 14.8. The van der Waals surface area contributed by atoms with E-state index in [-0.39, 0.29) is 11.6 Å². The lowest BCUT2D eigenvalue weighted by atomic mass is 10.1. The number of rotatable bonds is 4. The number of non-ortho nitro benzene ring substituents is 1. The molecule has 2 aliphatic heterocycles. The molecular formula is C20H21N3O3S. The minimum Gasteiger partial charge on any atom is -0.337 e. The van der Waals surface area contributed by atoms with Crippen LogP contribution in [0.1, 0.15) is 29.6 Å². The van der Waals surface area contributed by atoms with Crippen molar-refractivity contribution in [2.24, 2.45) is 0 Å². The van der Waals surface area contributed by atoms with E-state index in [0.29, 0.717) is 30.7 Å². The van der Waals surface area contributed by atoms with Crippen LogP contribution in [0.15, 0.2) is 58.3 Å². The van der Waals surface area contributed by atoms with Crippen molar-refractivity contribution in [3.05, 3.63) is 64.2 Å². The number of carbonyl (C=O) groups excluding carboxylic acids is 1. The smallest absolute Gasteiger partial charge is 0.270 e. The highest BCUT2D eigenvalue weighted by molar-refractivity contribution is 7.99. The molecule has 0 spiro atoms. The monoisotopic (exact) mass is 383 g/mol. The lowest BCUT2D eigenvalue weighted by Crippen LogP contribution is -2.39. The maximum atomic E-state index is 13.3.